The van der Waals surface area contributed by atoms with E-state index < -0.39 is 5.97 Å². The summed E-state index contributed by atoms with van der Waals surface area (Å²) < 4.78 is 3.87. The zero-order chi connectivity index (χ0) is 15.1. The Morgan fingerprint density at radius 2 is 2.10 bits per heavy atom. The third-order valence-corrected chi connectivity index (χ3v) is 3.63. The third-order valence-electron chi connectivity index (χ3n) is 3.63. The van der Waals surface area contributed by atoms with Gasteiger partial charge in [0.1, 0.15) is 5.82 Å². The number of hydrogen-bond donors (Lipinski definition) is 1. The lowest BCUT2D eigenvalue weighted by atomic mass is 10.2. The van der Waals surface area contributed by atoms with Gasteiger partial charge in [-0.1, -0.05) is 0 Å². The number of aromatic carboxylic acids is 1. The molecular weight excluding hydrogens is 268 g/mol. The lowest BCUT2D eigenvalue weighted by Gasteiger charge is -2.06. The van der Waals surface area contributed by atoms with Gasteiger partial charge in [0.25, 0.3) is 0 Å². The molecule has 0 saturated carbocycles. The van der Waals surface area contributed by atoms with E-state index in [1.165, 1.54) is 0 Å². The van der Waals surface area contributed by atoms with Crippen LogP contribution in [-0.2, 0) is 13.6 Å². The molecule has 0 fully saturated rings. The number of carboxylic acids is 1. The Hall–Kier alpha value is -2.63. The van der Waals surface area contributed by atoms with E-state index in [1.54, 1.807) is 16.8 Å². The van der Waals surface area contributed by atoms with Gasteiger partial charge < -0.3 is 9.67 Å². The Balaban J connectivity index is 2.08. The van der Waals surface area contributed by atoms with Crippen LogP contribution < -0.4 is 0 Å². The van der Waals surface area contributed by atoms with Crippen LogP contribution in [0.4, 0.5) is 0 Å². The molecule has 0 aliphatic heterocycles. The van der Waals surface area contributed by atoms with Gasteiger partial charge in [-0.15, -0.1) is 0 Å². The van der Waals surface area contributed by atoms with Crippen LogP contribution in [0.15, 0.2) is 24.4 Å². The summed E-state index contributed by atoms with van der Waals surface area (Å²) >= 11 is 0. The van der Waals surface area contributed by atoms with Gasteiger partial charge in [0.05, 0.1) is 28.8 Å². The van der Waals surface area contributed by atoms with Gasteiger partial charge in [0, 0.05) is 18.8 Å². The van der Waals surface area contributed by atoms with Crippen molar-refractivity contribution in [2.45, 2.75) is 20.4 Å². The number of aryl methyl sites for hydroxylation is 3. The Kier molecular flexibility index (Phi) is 3.01. The van der Waals surface area contributed by atoms with Crippen LogP contribution in [0.5, 0.6) is 0 Å². The summed E-state index contributed by atoms with van der Waals surface area (Å²) in [6.45, 7) is 4.58. The standard InChI is InChI=1S/C15H16N4O2/c1-9-12(7-18(3)17-9)8-19-10(2)16-13-6-11(15(20)21)4-5-14(13)19/h4-7H,8H2,1-3H3,(H,20,21). The normalized spacial score (nSPS) is 11.2. The Morgan fingerprint density at radius 1 is 1.33 bits per heavy atom. The molecule has 3 rings (SSSR count). The van der Waals surface area contributed by atoms with Crippen LogP contribution in [0.2, 0.25) is 0 Å². The lowest BCUT2D eigenvalue weighted by Crippen LogP contribution is -2.02. The van der Waals surface area contributed by atoms with Crippen molar-refractivity contribution in [3.8, 4) is 0 Å². The summed E-state index contributed by atoms with van der Waals surface area (Å²) in [6.07, 6.45) is 1.99. The molecular formula is C15H16N4O2. The van der Waals surface area contributed by atoms with Gasteiger partial charge in [-0.3, -0.25) is 4.68 Å². The Labute approximate surface area is 121 Å². The third kappa shape index (κ3) is 2.29. The number of carbonyl (C=O) groups is 1. The molecule has 0 aliphatic rings. The molecule has 3 aromatic rings. The van der Waals surface area contributed by atoms with E-state index in [1.807, 2.05) is 33.2 Å². The highest BCUT2D eigenvalue weighted by molar-refractivity contribution is 5.92. The van der Waals surface area contributed by atoms with Gasteiger partial charge in [-0.05, 0) is 32.0 Å². The minimum atomic E-state index is -0.938. The summed E-state index contributed by atoms with van der Waals surface area (Å²) in [6, 6.07) is 5.03. The van der Waals surface area contributed by atoms with Gasteiger partial charge in [0.2, 0.25) is 0 Å². The van der Waals surface area contributed by atoms with E-state index >= 15 is 0 Å². The molecule has 1 aromatic carbocycles. The molecule has 2 aromatic heterocycles. The smallest absolute Gasteiger partial charge is 0.335 e. The summed E-state index contributed by atoms with van der Waals surface area (Å²) in [5.41, 5.74) is 4.00. The van der Waals surface area contributed by atoms with Crippen molar-refractivity contribution in [1.82, 2.24) is 19.3 Å². The van der Waals surface area contributed by atoms with Crippen molar-refractivity contribution in [1.29, 1.82) is 0 Å². The maximum atomic E-state index is 11.0. The highest BCUT2D eigenvalue weighted by Crippen LogP contribution is 2.20. The van der Waals surface area contributed by atoms with Crippen molar-refractivity contribution in [3.63, 3.8) is 0 Å². The zero-order valence-electron chi connectivity index (χ0n) is 12.2. The molecule has 1 N–H and O–H groups in total. The number of carboxylic acid groups (broad SMARTS) is 1. The van der Waals surface area contributed by atoms with Gasteiger partial charge in [0.15, 0.2) is 0 Å². The fourth-order valence-electron chi connectivity index (χ4n) is 2.56. The number of hydrogen-bond acceptors (Lipinski definition) is 3. The van der Waals surface area contributed by atoms with Crippen molar-refractivity contribution in [2.24, 2.45) is 7.05 Å². The minimum absolute atomic E-state index is 0.254. The van der Waals surface area contributed by atoms with Crippen LogP contribution >= 0.6 is 0 Å². The maximum Gasteiger partial charge on any atom is 0.335 e. The van der Waals surface area contributed by atoms with E-state index in [0.717, 1.165) is 22.6 Å². The number of fused-ring (bicyclic) bond motifs is 1. The number of imidazole rings is 1. The Bertz CT molecular complexity index is 845. The van der Waals surface area contributed by atoms with Crippen molar-refractivity contribution in [3.05, 3.63) is 47.0 Å². The summed E-state index contributed by atoms with van der Waals surface area (Å²) in [7, 11) is 1.90. The predicted octanol–water partition coefficient (Wildman–Crippen LogP) is 2.13. The minimum Gasteiger partial charge on any atom is -0.478 e. The van der Waals surface area contributed by atoms with Crippen LogP contribution in [0.3, 0.4) is 0 Å². The Morgan fingerprint density at radius 3 is 2.71 bits per heavy atom. The highest BCUT2D eigenvalue weighted by Gasteiger charge is 2.12. The number of benzene rings is 1. The molecule has 0 spiro atoms. The molecule has 0 aliphatic carbocycles. The summed E-state index contributed by atoms with van der Waals surface area (Å²) in [5.74, 6) is -0.0806. The summed E-state index contributed by atoms with van der Waals surface area (Å²) in [4.78, 5) is 15.5. The molecule has 6 nitrogen and oxygen atoms in total. The predicted molar refractivity (Wildman–Crippen MR) is 78.5 cm³/mol. The molecule has 108 valence electrons. The highest BCUT2D eigenvalue weighted by atomic mass is 16.4. The molecule has 0 saturated heterocycles. The number of nitrogens with zero attached hydrogens (tertiary/aromatic N) is 4. The molecule has 0 unspecified atom stereocenters. The van der Waals surface area contributed by atoms with Crippen molar-refractivity contribution >= 4 is 17.0 Å². The first-order valence-corrected chi connectivity index (χ1v) is 6.65. The topological polar surface area (TPSA) is 72.9 Å². The molecule has 0 bridgehead atoms. The largest absolute Gasteiger partial charge is 0.478 e. The zero-order valence-corrected chi connectivity index (χ0v) is 12.2. The average molecular weight is 284 g/mol. The quantitative estimate of drug-likeness (QED) is 0.799. The van der Waals surface area contributed by atoms with E-state index in [4.69, 9.17) is 5.11 Å². The maximum absolute atomic E-state index is 11.0. The average Bonchev–Trinajstić information content (AvgIpc) is 2.89. The van der Waals surface area contributed by atoms with E-state index in [0.29, 0.717) is 12.1 Å². The molecule has 0 radical (unpaired) electrons. The monoisotopic (exact) mass is 284 g/mol. The first kappa shape index (κ1) is 13.4. The molecule has 0 amide bonds. The fourth-order valence-corrected chi connectivity index (χ4v) is 2.56. The van der Waals surface area contributed by atoms with Gasteiger partial charge >= 0.3 is 5.97 Å². The van der Waals surface area contributed by atoms with Gasteiger partial charge in [-0.25, -0.2) is 9.78 Å². The first-order valence-electron chi connectivity index (χ1n) is 6.65. The second-order valence-corrected chi connectivity index (χ2v) is 5.17. The van der Waals surface area contributed by atoms with Crippen LogP contribution in [-0.4, -0.2) is 30.4 Å². The lowest BCUT2D eigenvalue weighted by molar-refractivity contribution is 0.0697. The second-order valence-electron chi connectivity index (χ2n) is 5.17. The molecule has 21 heavy (non-hydrogen) atoms. The molecule has 6 heteroatoms. The second kappa shape index (κ2) is 4.73. The number of aromatic nitrogens is 4. The van der Waals surface area contributed by atoms with Crippen LogP contribution in [0.1, 0.15) is 27.4 Å². The van der Waals surface area contributed by atoms with Crippen molar-refractivity contribution in [2.75, 3.05) is 0 Å². The number of rotatable bonds is 3. The molecule has 0 atom stereocenters. The molecule has 2 heterocycles. The van der Waals surface area contributed by atoms with Gasteiger partial charge in [-0.2, -0.15) is 5.10 Å². The fraction of sp³-hybridized carbons (Fsp3) is 0.267. The SMILES string of the molecule is Cc1nn(C)cc1Cn1c(C)nc2cc(C(=O)O)ccc21. The van der Waals surface area contributed by atoms with Crippen LogP contribution in [0, 0.1) is 13.8 Å². The van der Waals surface area contributed by atoms with E-state index in [2.05, 4.69) is 14.6 Å². The summed E-state index contributed by atoms with van der Waals surface area (Å²) in [5, 5.41) is 13.4. The first-order chi connectivity index (χ1) is 9.95. The van der Waals surface area contributed by atoms with E-state index in [9.17, 15) is 4.79 Å². The van der Waals surface area contributed by atoms with Crippen molar-refractivity contribution < 1.29 is 9.90 Å². The van der Waals surface area contributed by atoms with E-state index in [-0.39, 0.29) is 5.56 Å². The van der Waals surface area contributed by atoms with Crippen LogP contribution in [0.25, 0.3) is 11.0 Å².